The topological polar surface area (TPSA) is 12.9 Å². The predicted molar refractivity (Wildman–Crippen MR) is 63.4 cm³/mol. The van der Waals surface area contributed by atoms with Gasteiger partial charge in [0.2, 0.25) is 0 Å². The number of fused-ring (bicyclic) bond motifs is 1. The van der Waals surface area contributed by atoms with Crippen molar-refractivity contribution in [3.8, 4) is 0 Å². The molecule has 0 spiro atoms. The maximum atomic E-state index is 4.70. The van der Waals surface area contributed by atoms with Gasteiger partial charge in [-0.2, -0.15) is 0 Å². The van der Waals surface area contributed by atoms with E-state index in [0.29, 0.717) is 20.0 Å². The Hall–Kier alpha value is -1.36. The van der Waals surface area contributed by atoms with Gasteiger partial charge in [0.15, 0.2) is 0 Å². The van der Waals surface area contributed by atoms with Crippen LogP contribution in [0.15, 0.2) is 60.7 Å². The van der Waals surface area contributed by atoms with Crippen molar-refractivity contribution in [2.45, 2.75) is 4.78 Å². The van der Waals surface area contributed by atoms with E-state index >= 15 is 0 Å². The molecule has 1 aliphatic carbocycles. The third kappa shape index (κ3) is 1.95. The summed E-state index contributed by atoms with van der Waals surface area (Å²) >= 11 is 0.410. The van der Waals surface area contributed by atoms with E-state index in [9.17, 15) is 0 Å². The Morgan fingerprint density at radius 1 is 0.938 bits per heavy atom. The summed E-state index contributed by atoms with van der Waals surface area (Å²) < 4.78 is 1.81. The second kappa shape index (κ2) is 4.25. The van der Waals surface area contributed by atoms with Gasteiger partial charge in [0.25, 0.3) is 0 Å². The van der Waals surface area contributed by atoms with Crippen LogP contribution in [-0.4, -0.2) is 4.98 Å². The molecule has 1 heterocycles. The fourth-order valence-electron chi connectivity index (χ4n) is 1.74. The van der Waals surface area contributed by atoms with Crippen LogP contribution in [0.2, 0.25) is 4.78 Å². The van der Waals surface area contributed by atoms with E-state index in [1.807, 2.05) is 6.07 Å². The molecule has 1 aromatic heterocycles. The van der Waals surface area contributed by atoms with Crippen LogP contribution in [0.3, 0.4) is 0 Å². The molecule has 0 unspecified atom stereocenters. The molecule has 0 bridgehead atoms. The minimum absolute atomic E-state index is 0.410. The van der Waals surface area contributed by atoms with E-state index < -0.39 is 0 Å². The summed E-state index contributed by atoms with van der Waals surface area (Å²) in [5.74, 6) is 0. The molecule has 0 radical (unpaired) electrons. The average molecular weight is 245 g/mol. The zero-order chi connectivity index (χ0) is 10.8. The third-order valence-corrected chi connectivity index (χ3v) is 4.19. The third-order valence-electron chi connectivity index (χ3n) is 2.54. The van der Waals surface area contributed by atoms with Gasteiger partial charge in [-0.1, -0.05) is 0 Å². The Morgan fingerprint density at radius 2 is 1.75 bits per heavy atom. The maximum absolute atomic E-state index is 4.70. The molecule has 0 saturated carbocycles. The van der Waals surface area contributed by atoms with Gasteiger partial charge < -0.3 is 0 Å². The zero-order valence-electron chi connectivity index (χ0n) is 8.71. The van der Waals surface area contributed by atoms with Gasteiger partial charge in [-0.05, 0) is 0 Å². The number of hydrogen-bond acceptors (Lipinski definition) is 1. The van der Waals surface area contributed by atoms with Crippen LogP contribution < -0.4 is 4.56 Å². The number of allylic oxidation sites excluding steroid dienone is 4. The molecular formula is C14H11CrN. The van der Waals surface area contributed by atoms with Crippen molar-refractivity contribution >= 4 is 15.5 Å². The fourth-order valence-corrected chi connectivity index (χ4v) is 3.17. The van der Waals surface area contributed by atoms with Crippen molar-refractivity contribution in [3.05, 3.63) is 60.7 Å². The molecule has 3 rings (SSSR count). The summed E-state index contributed by atoms with van der Waals surface area (Å²) in [7, 11) is 0. The van der Waals surface area contributed by atoms with Crippen molar-refractivity contribution in [1.29, 1.82) is 0 Å². The van der Waals surface area contributed by atoms with Gasteiger partial charge in [0.1, 0.15) is 0 Å². The van der Waals surface area contributed by atoms with Crippen molar-refractivity contribution in [2.75, 3.05) is 0 Å². The monoisotopic (exact) mass is 245 g/mol. The quantitative estimate of drug-likeness (QED) is 0.792. The molecule has 1 aliphatic rings. The van der Waals surface area contributed by atoms with Crippen LogP contribution in [-0.2, 0) is 15.2 Å². The second-order valence-electron chi connectivity index (χ2n) is 3.69. The van der Waals surface area contributed by atoms with Gasteiger partial charge >= 0.3 is 101 Å². The van der Waals surface area contributed by atoms with Gasteiger partial charge in [-0.3, -0.25) is 0 Å². The number of rotatable bonds is 2. The number of aromatic nitrogens is 1. The average Bonchev–Trinajstić information content (AvgIpc) is 2.82. The fraction of sp³-hybridized carbons (Fsp3) is 0.0714. The van der Waals surface area contributed by atoms with E-state index in [-0.39, 0.29) is 0 Å². The number of nitrogens with zero attached hydrogens (tertiary/aromatic N) is 1. The number of pyridine rings is 1. The molecule has 16 heavy (non-hydrogen) atoms. The van der Waals surface area contributed by atoms with Gasteiger partial charge in [0.05, 0.1) is 0 Å². The van der Waals surface area contributed by atoms with Crippen LogP contribution in [0.1, 0.15) is 0 Å². The van der Waals surface area contributed by atoms with E-state index in [2.05, 4.69) is 54.6 Å². The normalized spacial score (nSPS) is 15.0. The minimum atomic E-state index is 0.410. The Balaban J connectivity index is 1.92. The molecule has 0 amide bonds. The van der Waals surface area contributed by atoms with Gasteiger partial charge in [-0.25, -0.2) is 0 Å². The molecular weight excluding hydrogens is 234 g/mol. The van der Waals surface area contributed by atoms with Crippen LogP contribution in [0.5, 0.6) is 0 Å². The zero-order valence-corrected chi connectivity index (χ0v) is 9.98. The first kappa shape index (κ1) is 9.84. The Kier molecular flexibility index (Phi) is 2.62. The number of para-hydroxylation sites is 1. The molecule has 0 fully saturated rings. The van der Waals surface area contributed by atoms with Crippen LogP contribution >= 0.6 is 0 Å². The van der Waals surface area contributed by atoms with Crippen LogP contribution in [0.25, 0.3) is 10.9 Å². The van der Waals surface area contributed by atoms with Crippen molar-refractivity contribution in [2.24, 2.45) is 0 Å². The number of hydrogen-bond donors (Lipinski definition) is 0. The molecule has 2 heteroatoms. The predicted octanol–water partition coefficient (Wildman–Crippen LogP) is 2.86. The first-order chi connectivity index (χ1) is 7.92. The summed E-state index contributed by atoms with van der Waals surface area (Å²) in [6.07, 6.45) is 8.73. The first-order valence-corrected chi connectivity index (χ1v) is 6.67. The van der Waals surface area contributed by atoms with Crippen molar-refractivity contribution in [1.82, 2.24) is 4.98 Å². The van der Waals surface area contributed by atoms with E-state index in [1.54, 1.807) is 0 Å². The van der Waals surface area contributed by atoms with Crippen molar-refractivity contribution < 1.29 is 15.2 Å². The molecule has 1 nitrogen and oxygen atoms in total. The van der Waals surface area contributed by atoms with E-state index in [1.165, 1.54) is 9.94 Å². The summed E-state index contributed by atoms with van der Waals surface area (Å²) in [6, 6.07) is 12.6. The molecule has 0 saturated heterocycles. The Morgan fingerprint density at radius 3 is 2.62 bits per heavy atom. The van der Waals surface area contributed by atoms with E-state index in [0.717, 1.165) is 5.52 Å². The Bertz CT molecular complexity index is 560. The standard InChI is InChI=1S/C9H6N.C5H5.Cr/c1-2-6-9-8(4-1)5-3-7-10-9;1-2-4-5-3-1;/h1-6H;1-5H;. The van der Waals surface area contributed by atoms with Crippen LogP contribution in [0, 0.1) is 0 Å². The second-order valence-corrected chi connectivity index (χ2v) is 5.57. The Labute approximate surface area is 101 Å². The molecule has 78 valence electrons. The molecule has 2 aromatic rings. The van der Waals surface area contributed by atoms with E-state index in [4.69, 9.17) is 4.98 Å². The number of benzene rings is 1. The van der Waals surface area contributed by atoms with Crippen molar-refractivity contribution in [3.63, 3.8) is 0 Å². The first-order valence-electron chi connectivity index (χ1n) is 5.29. The molecule has 0 aliphatic heterocycles. The molecule has 0 N–H and O–H groups in total. The van der Waals surface area contributed by atoms with Gasteiger partial charge in [0, 0.05) is 0 Å². The molecule has 1 aromatic carbocycles. The summed E-state index contributed by atoms with van der Waals surface area (Å²) in [5, 5.41) is 1.22. The summed E-state index contributed by atoms with van der Waals surface area (Å²) in [4.78, 5) is 4.70. The van der Waals surface area contributed by atoms with Gasteiger partial charge in [-0.15, -0.1) is 0 Å². The molecule has 0 atom stereocenters. The SMILES string of the molecule is C1=C[CH]([Cr][c]2ccc3ccccc3n2)C=C1. The summed E-state index contributed by atoms with van der Waals surface area (Å²) in [6.45, 7) is 0. The summed E-state index contributed by atoms with van der Waals surface area (Å²) in [5.41, 5.74) is 1.10. The van der Waals surface area contributed by atoms with Crippen LogP contribution in [0.4, 0.5) is 0 Å².